The number of rotatable bonds is 5. The van der Waals surface area contributed by atoms with E-state index in [1.807, 2.05) is 4.90 Å². The standard InChI is InChI=1S/C18H19Cl2N3O6S/c1-11-2-3-12(23(26)27)8-16(11)30(28,29)22-6-4-21(5-7-22)10-13-17(24)14(19)9-15(20)18(13)25/h2-3,8-9,24-25H,4-7,10H2,1H3. The summed E-state index contributed by atoms with van der Waals surface area (Å²) in [5, 5.41) is 31.3. The molecule has 0 aliphatic carbocycles. The Hall–Kier alpha value is -2.11. The number of nitro benzene ring substituents is 1. The fourth-order valence-electron chi connectivity index (χ4n) is 3.27. The number of aromatic hydroxyl groups is 2. The van der Waals surface area contributed by atoms with E-state index in [1.54, 1.807) is 6.92 Å². The average Bonchev–Trinajstić information content (AvgIpc) is 2.70. The van der Waals surface area contributed by atoms with Crippen LogP contribution >= 0.6 is 23.2 Å². The molecule has 2 N–H and O–H groups in total. The summed E-state index contributed by atoms with van der Waals surface area (Å²) in [4.78, 5) is 12.1. The van der Waals surface area contributed by atoms with Gasteiger partial charge in [0.25, 0.3) is 5.69 Å². The molecule has 12 heteroatoms. The van der Waals surface area contributed by atoms with Gasteiger partial charge in [-0.25, -0.2) is 8.42 Å². The number of piperazine rings is 1. The van der Waals surface area contributed by atoms with E-state index >= 15 is 0 Å². The van der Waals surface area contributed by atoms with Crippen molar-refractivity contribution in [2.45, 2.75) is 18.4 Å². The molecule has 1 aliphatic rings. The highest BCUT2D eigenvalue weighted by Crippen LogP contribution is 2.40. The number of halogens is 2. The van der Waals surface area contributed by atoms with Crippen LogP contribution in [0.4, 0.5) is 5.69 Å². The first kappa shape index (κ1) is 22.6. The summed E-state index contributed by atoms with van der Waals surface area (Å²) in [6.07, 6.45) is 0. The van der Waals surface area contributed by atoms with Gasteiger partial charge in [0.05, 0.1) is 25.4 Å². The molecule has 1 heterocycles. The second-order valence-corrected chi connectivity index (χ2v) is 9.62. The summed E-state index contributed by atoms with van der Waals surface area (Å²) in [5.74, 6) is -0.554. The Morgan fingerprint density at radius 2 is 1.63 bits per heavy atom. The molecule has 30 heavy (non-hydrogen) atoms. The highest BCUT2D eigenvalue weighted by Gasteiger charge is 2.31. The Kier molecular flexibility index (Phi) is 6.44. The lowest BCUT2D eigenvalue weighted by atomic mass is 10.1. The number of aryl methyl sites for hydroxylation is 1. The minimum Gasteiger partial charge on any atom is -0.506 e. The number of hydrogen-bond donors (Lipinski definition) is 2. The third kappa shape index (κ3) is 4.33. The number of benzene rings is 2. The summed E-state index contributed by atoms with van der Waals surface area (Å²) in [6, 6.07) is 4.99. The van der Waals surface area contributed by atoms with Crippen molar-refractivity contribution >= 4 is 38.9 Å². The van der Waals surface area contributed by atoms with Gasteiger partial charge in [0.15, 0.2) is 0 Å². The molecule has 0 amide bonds. The zero-order valence-electron chi connectivity index (χ0n) is 15.9. The number of nitrogens with zero attached hydrogens (tertiary/aromatic N) is 3. The molecular weight excluding hydrogens is 457 g/mol. The lowest BCUT2D eigenvalue weighted by Gasteiger charge is -2.34. The Bertz CT molecular complexity index is 1080. The Balaban J connectivity index is 1.76. The van der Waals surface area contributed by atoms with Gasteiger partial charge in [0.2, 0.25) is 10.0 Å². The van der Waals surface area contributed by atoms with E-state index in [9.17, 15) is 28.7 Å². The smallest absolute Gasteiger partial charge is 0.270 e. The van der Waals surface area contributed by atoms with Crippen LogP contribution in [0.2, 0.25) is 10.0 Å². The number of non-ortho nitro benzene ring substituents is 1. The molecule has 3 rings (SSSR count). The van der Waals surface area contributed by atoms with Crippen LogP contribution in [-0.4, -0.2) is 58.9 Å². The maximum atomic E-state index is 13.0. The first-order valence-electron chi connectivity index (χ1n) is 8.88. The van der Waals surface area contributed by atoms with Gasteiger partial charge in [-0.05, 0) is 18.6 Å². The van der Waals surface area contributed by atoms with Crippen molar-refractivity contribution in [3.8, 4) is 11.5 Å². The van der Waals surface area contributed by atoms with E-state index in [4.69, 9.17) is 23.2 Å². The second kappa shape index (κ2) is 8.56. The van der Waals surface area contributed by atoms with Crippen molar-refractivity contribution in [1.82, 2.24) is 9.21 Å². The van der Waals surface area contributed by atoms with Crippen molar-refractivity contribution in [2.75, 3.05) is 26.2 Å². The van der Waals surface area contributed by atoms with Crippen molar-refractivity contribution in [1.29, 1.82) is 0 Å². The van der Waals surface area contributed by atoms with Crippen LogP contribution in [0.25, 0.3) is 0 Å². The molecule has 0 spiro atoms. The molecule has 0 saturated carbocycles. The monoisotopic (exact) mass is 475 g/mol. The van der Waals surface area contributed by atoms with Crippen LogP contribution in [0.5, 0.6) is 11.5 Å². The van der Waals surface area contributed by atoms with Gasteiger partial charge in [-0.3, -0.25) is 15.0 Å². The summed E-state index contributed by atoms with van der Waals surface area (Å²) < 4.78 is 27.3. The average molecular weight is 476 g/mol. The van der Waals surface area contributed by atoms with E-state index in [1.165, 1.54) is 22.5 Å². The minimum absolute atomic E-state index is 0.00941. The molecule has 0 atom stereocenters. The SMILES string of the molecule is Cc1ccc([N+](=O)[O-])cc1S(=O)(=O)N1CCN(Cc2c(O)c(Cl)cc(Cl)c2O)CC1. The fourth-order valence-corrected chi connectivity index (χ4v) is 5.44. The largest absolute Gasteiger partial charge is 0.506 e. The zero-order valence-corrected chi connectivity index (χ0v) is 18.2. The van der Waals surface area contributed by atoms with Gasteiger partial charge in [-0.15, -0.1) is 0 Å². The molecule has 2 aromatic rings. The van der Waals surface area contributed by atoms with Crippen molar-refractivity contribution < 1.29 is 23.6 Å². The number of hydrogen-bond acceptors (Lipinski definition) is 7. The van der Waals surface area contributed by atoms with E-state index in [0.717, 1.165) is 6.07 Å². The van der Waals surface area contributed by atoms with Crippen molar-refractivity contribution in [3.05, 3.63) is 55.6 Å². The minimum atomic E-state index is -3.91. The molecule has 2 aromatic carbocycles. The molecule has 0 bridgehead atoms. The molecule has 9 nitrogen and oxygen atoms in total. The zero-order chi connectivity index (χ0) is 22.2. The molecule has 0 radical (unpaired) electrons. The van der Waals surface area contributed by atoms with Crippen LogP contribution in [-0.2, 0) is 16.6 Å². The number of nitro groups is 1. The first-order valence-corrected chi connectivity index (χ1v) is 11.1. The van der Waals surface area contributed by atoms with Crippen LogP contribution in [0.15, 0.2) is 29.2 Å². The number of phenols is 2. The Morgan fingerprint density at radius 1 is 1.07 bits per heavy atom. The maximum Gasteiger partial charge on any atom is 0.270 e. The lowest BCUT2D eigenvalue weighted by molar-refractivity contribution is -0.385. The maximum absolute atomic E-state index is 13.0. The van der Waals surface area contributed by atoms with E-state index in [0.29, 0.717) is 18.7 Å². The van der Waals surface area contributed by atoms with Gasteiger partial charge < -0.3 is 10.2 Å². The van der Waals surface area contributed by atoms with Gasteiger partial charge in [-0.2, -0.15) is 4.31 Å². The first-order chi connectivity index (χ1) is 14.0. The van der Waals surface area contributed by atoms with Gasteiger partial charge in [0, 0.05) is 44.9 Å². The summed E-state index contributed by atoms with van der Waals surface area (Å²) in [5.41, 5.74) is 0.298. The Labute approximate surface area is 183 Å². The number of phenolic OH excluding ortho intramolecular Hbond substituents is 2. The highest BCUT2D eigenvalue weighted by atomic mass is 35.5. The van der Waals surface area contributed by atoms with Gasteiger partial charge >= 0.3 is 0 Å². The van der Waals surface area contributed by atoms with E-state index in [2.05, 4.69) is 0 Å². The highest BCUT2D eigenvalue weighted by molar-refractivity contribution is 7.89. The predicted octanol–water partition coefficient (Wildman–Crippen LogP) is 3.13. The summed E-state index contributed by atoms with van der Waals surface area (Å²) in [6.45, 7) is 2.62. The molecule has 1 aliphatic heterocycles. The molecule has 162 valence electrons. The van der Waals surface area contributed by atoms with E-state index < -0.39 is 14.9 Å². The third-order valence-electron chi connectivity index (χ3n) is 4.99. The van der Waals surface area contributed by atoms with Crippen molar-refractivity contribution in [3.63, 3.8) is 0 Å². The summed E-state index contributed by atoms with van der Waals surface area (Å²) in [7, 11) is -3.91. The van der Waals surface area contributed by atoms with Crippen LogP contribution in [0.3, 0.4) is 0 Å². The second-order valence-electron chi connectivity index (χ2n) is 6.90. The topological polar surface area (TPSA) is 124 Å². The van der Waals surface area contributed by atoms with Crippen LogP contribution < -0.4 is 0 Å². The van der Waals surface area contributed by atoms with Gasteiger partial charge in [-0.1, -0.05) is 29.3 Å². The fraction of sp³-hybridized carbons (Fsp3) is 0.333. The third-order valence-corrected chi connectivity index (χ3v) is 7.61. The normalized spacial score (nSPS) is 16.0. The van der Waals surface area contributed by atoms with Crippen LogP contribution in [0.1, 0.15) is 11.1 Å². The molecule has 1 saturated heterocycles. The number of sulfonamides is 1. The summed E-state index contributed by atoms with van der Waals surface area (Å²) >= 11 is 11.8. The lowest BCUT2D eigenvalue weighted by Crippen LogP contribution is -2.48. The van der Waals surface area contributed by atoms with Crippen LogP contribution in [0, 0.1) is 17.0 Å². The Morgan fingerprint density at radius 3 is 2.17 bits per heavy atom. The molecule has 1 fully saturated rings. The van der Waals surface area contributed by atoms with Gasteiger partial charge in [0.1, 0.15) is 11.5 Å². The molecule has 0 aromatic heterocycles. The quantitative estimate of drug-likeness (QED) is 0.502. The molecular formula is C18H19Cl2N3O6S. The van der Waals surface area contributed by atoms with Crippen molar-refractivity contribution in [2.24, 2.45) is 0 Å². The van der Waals surface area contributed by atoms with E-state index in [-0.39, 0.29) is 57.3 Å². The molecule has 0 unspecified atom stereocenters. The predicted molar refractivity (Wildman–Crippen MR) is 112 cm³/mol.